The third-order valence-corrected chi connectivity index (χ3v) is 2.58. The van der Waals surface area contributed by atoms with Gasteiger partial charge in [0, 0.05) is 38.1 Å². The number of aromatic nitrogens is 4. The molecular weight excluding hydrogens is 246 g/mol. The molecule has 2 aromatic heterocycles. The van der Waals surface area contributed by atoms with Gasteiger partial charge in [-0.3, -0.25) is 4.79 Å². The van der Waals surface area contributed by atoms with Gasteiger partial charge in [0.25, 0.3) is 5.56 Å². The topological polar surface area (TPSA) is 88.0 Å². The molecule has 2 heterocycles. The van der Waals surface area contributed by atoms with Crippen LogP contribution < -0.4 is 16.0 Å². The molecule has 7 heteroatoms. The van der Waals surface area contributed by atoms with Crippen LogP contribution in [0, 0.1) is 0 Å². The molecule has 2 N–H and O–H groups in total. The summed E-state index contributed by atoms with van der Waals surface area (Å²) in [5, 5.41) is 4.06. The minimum atomic E-state index is -0.167. The third-order valence-electron chi connectivity index (χ3n) is 2.58. The fraction of sp³-hybridized carbons (Fsp3) is 0.417. The Bertz CT molecular complexity index is 549. The number of rotatable bonds is 7. The minimum Gasteiger partial charge on any atom is -0.490 e. The number of ether oxygens (including phenoxy) is 1. The quantitative estimate of drug-likeness (QED) is 0.751. The van der Waals surface area contributed by atoms with Crippen LogP contribution in [-0.2, 0) is 13.1 Å². The van der Waals surface area contributed by atoms with Gasteiger partial charge in [0.2, 0.25) is 0 Å². The van der Waals surface area contributed by atoms with Crippen molar-refractivity contribution in [2.75, 3.05) is 13.2 Å². The molecule has 0 aliphatic heterocycles. The van der Waals surface area contributed by atoms with Crippen molar-refractivity contribution in [3.63, 3.8) is 0 Å². The highest BCUT2D eigenvalue weighted by Crippen LogP contribution is 2.03. The first kappa shape index (κ1) is 13.3. The van der Waals surface area contributed by atoms with E-state index in [0.717, 1.165) is 13.0 Å². The van der Waals surface area contributed by atoms with E-state index in [1.165, 1.54) is 16.9 Å². The zero-order valence-corrected chi connectivity index (χ0v) is 10.6. The molecule has 2 aromatic rings. The lowest BCUT2D eigenvalue weighted by Crippen LogP contribution is -2.23. The Balaban J connectivity index is 1.88. The van der Waals surface area contributed by atoms with Crippen LogP contribution >= 0.6 is 0 Å². The molecule has 7 nitrogen and oxygen atoms in total. The van der Waals surface area contributed by atoms with Crippen molar-refractivity contribution in [2.24, 2.45) is 5.73 Å². The Morgan fingerprint density at radius 2 is 2.26 bits per heavy atom. The maximum atomic E-state index is 11.8. The predicted octanol–water partition coefficient (Wildman–Crippen LogP) is -0.132. The molecule has 102 valence electrons. The highest BCUT2D eigenvalue weighted by Gasteiger charge is 2.01. The molecule has 0 aromatic carbocycles. The Labute approximate surface area is 110 Å². The summed E-state index contributed by atoms with van der Waals surface area (Å²) in [5.41, 5.74) is 5.15. The smallest absolute Gasteiger partial charge is 0.270 e. The highest BCUT2D eigenvalue weighted by molar-refractivity contribution is 5.13. The molecule has 0 bridgehead atoms. The summed E-state index contributed by atoms with van der Waals surface area (Å²) >= 11 is 0. The standard InChI is InChI=1S/C12H17N5O2/c13-2-7-19-11-8-12(18)17(15-9-11)5-1-4-16-6-3-14-10-16/h3,6,8-10H,1-2,4-5,7,13H2. The van der Waals surface area contributed by atoms with E-state index in [1.807, 2.05) is 10.8 Å². The third kappa shape index (κ3) is 3.92. The molecule has 2 rings (SSSR count). The monoisotopic (exact) mass is 263 g/mol. The van der Waals surface area contributed by atoms with E-state index in [-0.39, 0.29) is 5.56 Å². The molecule has 0 atom stereocenters. The molecule has 19 heavy (non-hydrogen) atoms. The average Bonchev–Trinajstić information content (AvgIpc) is 2.92. The molecule has 0 unspecified atom stereocenters. The zero-order chi connectivity index (χ0) is 13.5. The number of hydrogen-bond acceptors (Lipinski definition) is 5. The lowest BCUT2D eigenvalue weighted by atomic mass is 10.4. The normalized spacial score (nSPS) is 10.6. The van der Waals surface area contributed by atoms with E-state index in [4.69, 9.17) is 10.5 Å². The molecule has 0 saturated carbocycles. The molecule has 0 fully saturated rings. The van der Waals surface area contributed by atoms with Crippen LogP contribution in [-0.4, -0.2) is 32.5 Å². The van der Waals surface area contributed by atoms with Crippen LogP contribution in [0.4, 0.5) is 0 Å². The summed E-state index contributed by atoms with van der Waals surface area (Å²) in [4.78, 5) is 15.7. The maximum absolute atomic E-state index is 11.8. The number of aryl methyl sites for hydroxylation is 2. The summed E-state index contributed by atoms with van der Waals surface area (Å²) < 4.78 is 8.63. The van der Waals surface area contributed by atoms with Crippen molar-refractivity contribution >= 4 is 0 Å². The maximum Gasteiger partial charge on any atom is 0.270 e. The first-order chi connectivity index (χ1) is 9.29. The molecule has 0 spiro atoms. The Hall–Kier alpha value is -2.15. The van der Waals surface area contributed by atoms with E-state index < -0.39 is 0 Å². The van der Waals surface area contributed by atoms with Gasteiger partial charge in [-0.25, -0.2) is 9.67 Å². The van der Waals surface area contributed by atoms with Gasteiger partial charge in [-0.2, -0.15) is 5.10 Å². The van der Waals surface area contributed by atoms with Gasteiger partial charge < -0.3 is 15.0 Å². The van der Waals surface area contributed by atoms with E-state index in [9.17, 15) is 4.79 Å². The first-order valence-corrected chi connectivity index (χ1v) is 6.15. The molecular formula is C12H17N5O2. The van der Waals surface area contributed by atoms with E-state index in [1.54, 1.807) is 12.5 Å². The molecule has 0 amide bonds. The van der Waals surface area contributed by atoms with Gasteiger partial charge >= 0.3 is 0 Å². The molecule has 0 aliphatic carbocycles. The van der Waals surface area contributed by atoms with Gasteiger partial charge in [0.1, 0.15) is 12.4 Å². The Morgan fingerprint density at radius 3 is 2.95 bits per heavy atom. The van der Waals surface area contributed by atoms with Gasteiger partial charge in [0.05, 0.1) is 12.5 Å². The second kappa shape index (κ2) is 6.69. The number of imidazole rings is 1. The SMILES string of the molecule is NCCOc1cnn(CCCn2ccnc2)c(=O)c1. The van der Waals surface area contributed by atoms with Gasteiger partial charge in [-0.1, -0.05) is 0 Å². The van der Waals surface area contributed by atoms with Crippen molar-refractivity contribution in [3.05, 3.63) is 41.3 Å². The van der Waals surface area contributed by atoms with Crippen LogP contribution in [0.25, 0.3) is 0 Å². The summed E-state index contributed by atoms with van der Waals surface area (Å²) in [6, 6.07) is 1.43. The van der Waals surface area contributed by atoms with Gasteiger partial charge in [-0.05, 0) is 6.42 Å². The van der Waals surface area contributed by atoms with E-state index >= 15 is 0 Å². The molecule has 0 radical (unpaired) electrons. The summed E-state index contributed by atoms with van der Waals surface area (Å²) in [6.45, 7) is 2.16. The van der Waals surface area contributed by atoms with Crippen molar-refractivity contribution in [1.29, 1.82) is 0 Å². The van der Waals surface area contributed by atoms with Crippen LogP contribution in [0.1, 0.15) is 6.42 Å². The number of hydrogen-bond donors (Lipinski definition) is 1. The Kier molecular flexibility index (Phi) is 4.68. The highest BCUT2D eigenvalue weighted by atomic mass is 16.5. The largest absolute Gasteiger partial charge is 0.490 e. The second-order valence-corrected chi connectivity index (χ2v) is 4.04. The van der Waals surface area contributed by atoms with Crippen molar-refractivity contribution < 1.29 is 4.74 Å². The number of nitrogens with two attached hydrogens (primary N) is 1. The zero-order valence-electron chi connectivity index (χ0n) is 10.6. The Morgan fingerprint density at radius 1 is 1.37 bits per heavy atom. The molecule has 0 aliphatic rings. The summed E-state index contributed by atoms with van der Waals surface area (Å²) in [6.07, 6.45) is 7.72. The van der Waals surface area contributed by atoms with Gasteiger partial charge in [-0.15, -0.1) is 0 Å². The van der Waals surface area contributed by atoms with Crippen LogP contribution in [0.15, 0.2) is 35.8 Å². The fourth-order valence-electron chi connectivity index (χ4n) is 1.66. The van der Waals surface area contributed by atoms with E-state index in [0.29, 0.717) is 25.4 Å². The lowest BCUT2D eigenvalue weighted by molar-refractivity contribution is 0.323. The fourth-order valence-corrected chi connectivity index (χ4v) is 1.66. The average molecular weight is 263 g/mol. The van der Waals surface area contributed by atoms with Gasteiger partial charge in [0.15, 0.2) is 0 Å². The first-order valence-electron chi connectivity index (χ1n) is 6.15. The number of nitrogens with zero attached hydrogens (tertiary/aromatic N) is 4. The van der Waals surface area contributed by atoms with Crippen LogP contribution in [0.5, 0.6) is 5.75 Å². The predicted molar refractivity (Wildman–Crippen MR) is 69.9 cm³/mol. The second-order valence-electron chi connectivity index (χ2n) is 4.04. The van der Waals surface area contributed by atoms with Crippen molar-refractivity contribution in [2.45, 2.75) is 19.5 Å². The van der Waals surface area contributed by atoms with Crippen molar-refractivity contribution in [3.8, 4) is 5.75 Å². The van der Waals surface area contributed by atoms with Crippen LogP contribution in [0.2, 0.25) is 0 Å². The van der Waals surface area contributed by atoms with Crippen LogP contribution in [0.3, 0.4) is 0 Å². The van der Waals surface area contributed by atoms with Crippen molar-refractivity contribution in [1.82, 2.24) is 19.3 Å². The van der Waals surface area contributed by atoms with E-state index in [2.05, 4.69) is 10.1 Å². The summed E-state index contributed by atoms with van der Waals surface area (Å²) in [7, 11) is 0. The summed E-state index contributed by atoms with van der Waals surface area (Å²) in [5.74, 6) is 0.460. The lowest BCUT2D eigenvalue weighted by Gasteiger charge is -2.07. The minimum absolute atomic E-state index is 0.167. The molecule has 0 saturated heterocycles.